The Morgan fingerprint density at radius 2 is 1.91 bits per heavy atom. The van der Waals surface area contributed by atoms with Gasteiger partial charge in [0.25, 0.3) is 0 Å². The number of aryl methyl sites for hydroxylation is 1. The third-order valence-electron chi connectivity index (χ3n) is 3.64. The number of hydrogen-bond donors (Lipinski definition) is 1. The lowest BCUT2D eigenvalue weighted by Gasteiger charge is -2.09. The van der Waals surface area contributed by atoms with Crippen LogP contribution in [0.3, 0.4) is 0 Å². The molecular weight excluding hydrogens is 278 g/mol. The van der Waals surface area contributed by atoms with Crippen LogP contribution in [0.1, 0.15) is 15.9 Å². The van der Waals surface area contributed by atoms with E-state index in [9.17, 15) is 9.90 Å². The Labute approximate surface area is 128 Å². The van der Waals surface area contributed by atoms with Gasteiger partial charge in [0.05, 0.1) is 23.9 Å². The molecule has 0 bridgehead atoms. The number of aromatic nitrogens is 1. The normalized spacial score (nSPS) is 10.6. The van der Waals surface area contributed by atoms with Gasteiger partial charge in [0.15, 0.2) is 0 Å². The third-order valence-corrected chi connectivity index (χ3v) is 3.64. The molecule has 3 rings (SSSR count). The second-order valence-corrected chi connectivity index (χ2v) is 5.06. The Morgan fingerprint density at radius 3 is 2.59 bits per heavy atom. The lowest BCUT2D eigenvalue weighted by atomic mass is 10.0. The molecule has 1 aromatic heterocycles. The molecule has 1 N–H and O–H groups in total. The molecule has 110 valence electrons. The summed E-state index contributed by atoms with van der Waals surface area (Å²) in [6, 6.07) is 14.6. The molecule has 3 aromatic rings. The largest absolute Gasteiger partial charge is 0.496 e. The smallest absolute Gasteiger partial charge is 0.336 e. The molecule has 0 atom stereocenters. The second kappa shape index (κ2) is 5.48. The molecule has 4 nitrogen and oxygen atoms in total. The van der Waals surface area contributed by atoms with Crippen LogP contribution < -0.4 is 4.74 Å². The summed E-state index contributed by atoms with van der Waals surface area (Å²) in [5, 5.41) is 10.1. The molecule has 0 spiro atoms. The molecule has 0 unspecified atom stereocenters. The molecule has 0 aliphatic carbocycles. The number of ether oxygens (including phenoxy) is 1. The topological polar surface area (TPSA) is 59.4 Å². The minimum atomic E-state index is -0.954. The van der Waals surface area contributed by atoms with Gasteiger partial charge >= 0.3 is 5.97 Å². The van der Waals surface area contributed by atoms with Gasteiger partial charge in [0.1, 0.15) is 5.75 Å². The van der Waals surface area contributed by atoms with Gasteiger partial charge in [0, 0.05) is 10.9 Å². The fraction of sp³-hybridized carbons (Fsp3) is 0.111. The maximum Gasteiger partial charge on any atom is 0.336 e. The van der Waals surface area contributed by atoms with Crippen LogP contribution in [0.5, 0.6) is 5.75 Å². The number of benzene rings is 2. The molecule has 22 heavy (non-hydrogen) atoms. The highest BCUT2D eigenvalue weighted by Crippen LogP contribution is 2.28. The van der Waals surface area contributed by atoms with E-state index in [1.165, 1.54) is 0 Å². The van der Waals surface area contributed by atoms with Gasteiger partial charge in [-0.2, -0.15) is 0 Å². The van der Waals surface area contributed by atoms with Crippen LogP contribution in [-0.4, -0.2) is 23.2 Å². The van der Waals surface area contributed by atoms with Crippen LogP contribution in [0.2, 0.25) is 0 Å². The zero-order chi connectivity index (χ0) is 15.7. The first-order valence-electron chi connectivity index (χ1n) is 6.88. The number of rotatable bonds is 3. The molecular formula is C18H15NO3. The van der Waals surface area contributed by atoms with Crippen LogP contribution in [0.4, 0.5) is 0 Å². The van der Waals surface area contributed by atoms with Crippen molar-refractivity contribution in [3.8, 4) is 17.0 Å². The van der Waals surface area contributed by atoms with Crippen LogP contribution >= 0.6 is 0 Å². The Hall–Kier alpha value is -2.88. The molecule has 2 aromatic carbocycles. The summed E-state index contributed by atoms with van der Waals surface area (Å²) in [4.78, 5) is 16.1. The van der Waals surface area contributed by atoms with Crippen molar-refractivity contribution in [1.82, 2.24) is 4.98 Å². The Morgan fingerprint density at radius 1 is 1.14 bits per heavy atom. The zero-order valence-electron chi connectivity index (χ0n) is 12.3. The average molecular weight is 293 g/mol. The van der Waals surface area contributed by atoms with E-state index < -0.39 is 5.97 Å². The number of carboxylic acids is 1. The number of nitrogens with zero attached hydrogens (tertiary/aromatic N) is 1. The van der Waals surface area contributed by atoms with Crippen molar-refractivity contribution in [3.05, 3.63) is 59.7 Å². The van der Waals surface area contributed by atoms with Gasteiger partial charge < -0.3 is 9.84 Å². The lowest BCUT2D eigenvalue weighted by molar-refractivity contribution is 0.0699. The molecule has 1 heterocycles. The Kier molecular flexibility index (Phi) is 3.51. The van der Waals surface area contributed by atoms with Gasteiger partial charge in [-0.1, -0.05) is 18.2 Å². The van der Waals surface area contributed by atoms with Gasteiger partial charge in [-0.15, -0.1) is 0 Å². The summed E-state index contributed by atoms with van der Waals surface area (Å²) in [6.07, 6.45) is 0. The Balaban J connectivity index is 2.23. The van der Waals surface area contributed by atoms with Crippen LogP contribution in [-0.2, 0) is 0 Å². The highest BCUT2D eigenvalue weighted by Gasteiger charge is 2.13. The summed E-state index contributed by atoms with van der Waals surface area (Å²) < 4.78 is 5.25. The number of para-hydroxylation sites is 1. The standard InChI is InChI=1S/C18H15NO3/c1-11-9-12(7-8-17(11)22-2)16-10-14(18(20)21)13-5-3-4-6-15(13)19-16/h3-10H,1-2H3,(H,20,21). The first kappa shape index (κ1) is 14.1. The average Bonchev–Trinajstić information content (AvgIpc) is 2.53. The van der Waals surface area contributed by atoms with Crippen molar-refractivity contribution in [1.29, 1.82) is 0 Å². The molecule has 0 aliphatic rings. The monoisotopic (exact) mass is 293 g/mol. The van der Waals surface area contributed by atoms with E-state index in [4.69, 9.17) is 4.74 Å². The molecule has 0 saturated heterocycles. The molecule has 0 aliphatic heterocycles. The van der Waals surface area contributed by atoms with Crippen molar-refractivity contribution >= 4 is 16.9 Å². The summed E-state index contributed by atoms with van der Waals surface area (Å²) in [5.41, 5.74) is 3.42. The predicted molar refractivity (Wildman–Crippen MR) is 85.4 cm³/mol. The van der Waals surface area contributed by atoms with Crippen molar-refractivity contribution in [2.24, 2.45) is 0 Å². The van der Waals surface area contributed by atoms with Crippen molar-refractivity contribution in [2.75, 3.05) is 7.11 Å². The molecule has 0 amide bonds. The minimum Gasteiger partial charge on any atom is -0.496 e. The molecule has 0 saturated carbocycles. The zero-order valence-corrected chi connectivity index (χ0v) is 12.3. The summed E-state index contributed by atoms with van der Waals surface area (Å²) in [5.74, 6) is -0.159. The highest BCUT2D eigenvalue weighted by atomic mass is 16.5. The fourth-order valence-corrected chi connectivity index (χ4v) is 2.54. The van der Waals surface area contributed by atoms with Crippen LogP contribution in [0, 0.1) is 6.92 Å². The first-order chi connectivity index (χ1) is 10.6. The van der Waals surface area contributed by atoms with Crippen molar-refractivity contribution in [2.45, 2.75) is 6.92 Å². The van der Waals surface area contributed by atoms with E-state index in [1.807, 2.05) is 43.3 Å². The van der Waals surface area contributed by atoms with Crippen molar-refractivity contribution < 1.29 is 14.6 Å². The SMILES string of the molecule is COc1ccc(-c2cc(C(=O)O)c3ccccc3n2)cc1C. The summed E-state index contributed by atoms with van der Waals surface area (Å²) in [7, 11) is 1.62. The number of methoxy groups -OCH3 is 1. The van der Waals surface area contributed by atoms with Gasteiger partial charge in [0.2, 0.25) is 0 Å². The van der Waals surface area contributed by atoms with E-state index >= 15 is 0 Å². The molecule has 4 heteroatoms. The number of pyridine rings is 1. The number of carbonyl (C=O) groups is 1. The summed E-state index contributed by atoms with van der Waals surface area (Å²) in [6.45, 7) is 1.95. The summed E-state index contributed by atoms with van der Waals surface area (Å²) >= 11 is 0. The lowest BCUT2D eigenvalue weighted by Crippen LogP contribution is -2.00. The maximum atomic E-state index is 11.5. The molecule has 0 fully saturated rings. The highest BCUT2D eigenvalue weighted by molar-refractivity contribution is 6.03. The number of hydrogen-bond acceptors (Lipinski definition) is 3. The van der Waals surface area contributed by atoms with E-state index in [-0.39, 0.29) is 5.56 Å². The molecule has 0 radical (unpaired) electrons. The Bertz CT molecular complexity index is 871. The van der Waals surface area contributed by atoms with Crippen molar-refractivity contribution in [3.63, 3.8) is 0 Å². The maximum absolute atomic E-state index is 11.5. The number of carboxylic acid groups (broad SMARTS) is 1. The number of aromatic carboxylic acids is 1. The van der Waals surface area contributed by atoms with Crippen LogP contribution in [0.25, 0.3) is 22.2 Å². The minimum absolute atomic E-state index is 0.258. The number of fused-ring (bicyclic) bond motifs is 1. The van der Waals surface area contributed by atoms with E-state index in [1.54, 1.807) is 19.2 Å². The van der Waals surface area contributed by atoms with E-state index in [0.717, 1.165) is 16.9 Å². The van der Waals surface area contributed by atoms with E-state index in [0.29, 0.717) is 16.6 Å². The van der Waals surface area contributed by atoms with Gasteiger partial charge in [-0.3, -0.25) is 0 Å². The van der Waals surface area contributed by atoms with Crippen LogP contribution in [0.15, 0.2) is 48.5 Å². The first-order valence-corrected chi connectivity index (χ1v) is 6.88. The van der Waals surface area contributed by atoms with Gasteiger partial charge in [-0.25, -0.2) is 9.78 Å². The third kappa shape index (κ3) is 2.39. The fourth-order valence-electron chi connectivity index (χ4n) is 2.54. The quantitative estimate of drug-likeness (QED) is 0.795. The van der Waals surface area contributed by atoms with Gasteiger partial charge in [-0.05, 0) is 42.8 Å². The van der Waals surface area contributed by atoms with E-state index in [2.05, 4.69) is 4.98 Å². The second-order valence-electron chi connectivity index (χ2n) is 5.06. The predicted octanol–water partition coefficient (Wildman–Crippen LogP) is 3.92.